The number of imidazole rings is 1. The number of ketones is 1. The molecule has 0 atom stereocenters. The highest BCUT2D eigenvalue weighted by atomic mass is 32.1. The Labute approximate surface area is 222 Å². The third kappa shape index (κ3) is 4.07. The minimum Gasteiger partial charge on any atom is -0.336 e. The minimum atomic E-state index is 0.0420. The zero-order valence-electron chi connectivity index (χ0n) is 20.7. The number of carbonyl (C=O) groups is 1. The minimum absolute atomic E-state index is 0.0420. The van der Waals surface area contributed by atoms with Gasteiger partial charge < -0.3 is 4.98 Å². The number of Topliss-reactive ketones (excluding diaryl/α,β-unsaturated/α-hetero) is 1. The van der Waals surface area contributed by atoms with Gasteiger partial charge in [0.1, 0.15) is 16.9 Å². The van der Waals surface area contributed by atoms with Crippen LogP contribution in [0.5, 0.6) is 0 Å². The molecule has 0 amide bonds. The number of aromatic amines is 2. The molecule has 0 bridgehead atoms. The molecule has 10 heteroatoms. The van der Waals surface area contributed by atoms with E-state index in [9.17, 15) is 4.79 Å². The maximum absolute atomic E-state index is 11.8. The molecular formula is C28H24N8OS. The third-order valence-corrected chi connectivity index (χ3v) is 8.15. The van der Waals surface area contributed by atoms with Crippen LogP contribution in [0.4, 0.5) is 0 Å². The second kappa shape index (κ2) is 9.23. The number of thiophene rings is 1. The maximum Gasteiger partial charge on any atom is 0.169 e. The molecule has 0 unspecified atom stereocenters. The zero-order chi connectivity index (χ0) is 25.6. The summed E-state index contributed by atoms with van der Waals surface area (Å²) in [5, 5.41) is 8.57. The first-order chi connectivity index (χ1) is 18.6. The number of H-pyrrole nitrogens is 2. The Morgan fingerprint density at radius 1 is 1.03 bits per heavy atom. The number of fused-ring (bicyclic) bond motifs is 2. The van der Waals surface area contributed by atoms with Gasteiger partial charge in [-0.15, -0.1) is 11.3 Å². The van der Waals surface area contributed by atoms with Crippen LogP contribution >= 0.6 is 11.3 Å². The van der Waals surface area contributed by atoms with E-state index < -0.39 is 0 Å². The van der Waals surface area contributed by atoms with Gasteiger partial charge in [-0.05, 0) is 68.8 Å². The van der Waals surface area contributed by atoms with E-state index >= 15 is 0 Å². The highest BCUT2D eigenvalue weighted by Gasteiger charge is 2.18. The van der Waals surface area contributed by atoms with Gasteiger partial charge in [-0.1, -0.05) is 0 Å². The Morgan fingerprint density at radius 2 is 1.92 bits per heavy atom. The van der Waals surface area contributed by atoms with Crippen molar-refractivity contribution in [2.24, 2.45) is 0 Å². The Kier molecular flexibility index (Phi) is 5.56. The molecule has 1 aliphatic rings. The van der Waals surface area contributed by atoms with Crippen LogP contribution in [0.1, 0.15) is 35.0 Å². The summed E-state index contributed by atoms with van der Waals surface area (Å²) in [4.78, 5) is 37.9. The predicted octanol–water partition coefficient (Wildman–Crippen LogP) is 5.49. The third-order valence-electron chi connectivity index (χ3n) is 6.95. The van der Waals surface area contributed by atoms with Gasteiger partial charge in [-0.25, -0.2) is 4.98 Å². The number of nitrogens with one attached hydrogen (secondary N) is 2. The monoisotopic (exact) mass is 520 g/mol. The highest BCUT2D eigenvalue weighted by molar-refractivity contribution is 7.17. The molecule has 38 heavy (non-hydrogen) atoms. The molecule has 0 radical (unpaired) electrons. The molecule has 0 saturated carbocycles. The van der Waals surface area contributed by atoms with Gasteiger partial charge in [0.25, 0.3) is 0 Å². The van der Waals surface area contributed by atoms with Crippen LogP contribution < -0.4 is 0 Å². The molecule has 1 fully saturated rings. The van der Waals surface area contributed by atoms with Gasteiger partial charge in [0.2, 0.25) is 0 Å². The lowest BCUT2D eigenvalue weighted by Gasteiger charge is -2.14. The quantitative estimate of drug-likeness (QED) is 0.279. The van der Waals surface area contributed by atoms with Crippen molar-refractivity contribution in [2.45, 2.75) is 26.3 Å². The molecule has 1 aliphatic heterocycles. The van der Waals surface area contributed by atoms with E-state index in [0.29, 0.717) is 16.4 Å². The van der Waals surface area contributed by atoms with Crippen LogP contribution in [0.15, 0.2) is 55.1 Å². The summed E-state index contributed by atoms with van der Waals surface area (Å²) >= 11 is 1.42. The summed E-state index contributed by atoms with van der Waals surface area (Å²) in [5.74, 6) is 0.683. The van der Waals surface area contributed by atoms with Crippen molar-refractivity contribution in [1.82, 2.24) is 40.0 Å². The van der Waals surface area contributed by atoms with Gasteiger partial charge in [0, 0.05) is 36.1 Å². The molecule has 9 nitrogen and oxygen atoms in total. The molecule has 0 spiro atoms. The standard InChI is InChI=1S/C28H24N8OS/c1-16(37)23-4-5-24(38-23)27-26-20(6-7-30-27)32-28(33-26)25-19-11-21(31-14-22(19)34-35-25)18-10-17(12-29-13-18)15-36-8-2-3-9-36/h4-7,10-14H,2-3,8-9,15H2,1H3,(H,32,33)(H,34,35). The van der Waals surface area contributed by atoms with E-state index in [1.165, 1.54) is 29.7 Å². The molecule has 7 rings (SSSR count). The van der Waals surface area contributed by atoms with E-state index in [2.05, 4.69) is 41.1 Å². The first kappa shape index (κ1) is 22.9. The SMILES string of the molecule is CC(=O)c1ccc(-c2nccc3[nH]c(-c4n[nH]c5cnc(-c6cncc(CN7CCCC7)c6)cc45)nc23)s1. The van der Waals surface area contributed by atoms with Crippen molar-refractivity contribution in [2.75, 3.05) is 13.1 Å². The molecular weight excluding hydrogens is 496 g/mol. The van der Waals surface area contributed by atoms with Gasteiger partial charge in [-0.2, -0.15) is 5.10 Å². The second-order valence-corrected chi connectivity index (χ2v) is 10.7. The lowest BCUT2D eigenvalue weighted by Crippen LogP contribution is -2.18. The smallest absolute Gasteiger partial charge is 0.169 e. The van der Waals surface area contributed by atoms with E-state index in [0.717, 1.165) is 63.4 Å². The topological polar surface area (TPSA) is 116 Å². The van der Waals surface area contributed by atoms with E-state index in [1.54, 1.807) is 19.3 Å². The zero-order valence-corrected chi connectivity index (χ0v) is 21.5. The average Bonchev–Trinajstić information content (AvgIpc) is 3.74. The van der Waals surface area contributed by atoms with Gasteiger partial charge >= 0.3 is 0 Å². The lowest BCUT2D eigenvalue weighted by molar-refractivity contribution is 0.102. The maximum atomic E-state index is 11.8. The number of hydrogen-bond donors (Lipinski definition) is 2. The van der Waals surface area contributed by atoms with Gasteiger partial charge in [-0.3, -0.25) is 29.7 Å². The molecule has 1 saturated heterocycles. The van der Waals surface area contributed by atoms with Crippen LogP contribution in [-0.2, 0) is 6.54 Å². The fourth-order valence-corrected chi connectivity index (χ4v) is 5.95. The van der Waals surface area contributed by atoms with Gasteiger partial charge in [0.05, 0.1) is 32.7 Å². The number of carbonyl (C=O) groups excluding carboxylic acids is 1. The Hall–Kier alpha value is -4.28. The summed E-state index contributed by atoms with van der Waals surface area (Å²) in [6.07, 6.45) is 9.88. The first-order valence-electron chi connectivity index (χ1n) is 12.6. The second-order valence-electron chi connectivity index (χ2n) is 9.61. The Balaban J connectivity index is 1.27. The summed E-state index contributed by atoms with van der Waals surface area (Å²) < 4.78 is 0. The fourth-order valence-electron chi connectivity index (χ4n) is 5.05. The number of aromatic nitrogens is 7. The number of rotatable bonds is 6. The summed E-state index contributed by atoms with van der Waals surface area (Å²) in [6.45, 7) is 4.77. The normalized spacial score (nSPS) is 14.1. The van der Waals surface area contributed by atoms with Crippen LogP contribution in [0, 0.1) is 0 Å². The van der Waals surface area contributed by atoms with Crippen molar-refractivity contribution in [3.05, 3.63) is 65.6 Å². The molecule has 0 aliphatic carbocycles. The lowest BCUT2D eigenvalue weighted by atomic mass is 10.1. The Bertz CT molecular complexity index is 1810. The van der Waals surface area contributed by atoms with Crippen molar-refractivity contribution in [3.63, 3.8) is 0 Å². The van der Waals surface area contributed by atoms with Crippen molar-refractivity contribution >= 4 is 39.1 Å². The van der Waals surface area contributed by atoms with Crippen LogP contribution in [-0.4, -0.2) is 58.9 Å². The van der Waals surface area contributed by atoms with Crippen molar-refractivity contribution in [3.8, 4) is 33.3 Å². The molecule has 7 heterocycles. The van der Waals surface area contributed by atoms with Crippen molar-refractivity contribution in [1.29, 1.82) is 0 Å². The van der Waals surface area contributed by atoms with E-state index in [4.69, 9.17) is 4.98 Å². The summed E-state index contributed by atoms with van der Waals surface area (Å²) in [5.41, 5.74) is 6.88. The molecule has 0 aromatic carbocycles. The molecule has 2 N–H and O–H groups in total. The van der Waals surface area contributed by atoms with Crippen molar-refractivity contribution < 1.29 is 4.79 Å². The van der Waals surface area contributed by atoms with Crippen LogP contribution in [0.2, 0.25) is 0 Å². The molecule has 6 aromatic rings. The Morgan fingerprint density at radius 3 is 2.76 bits per heavy atom. The number of likely N-dealkylation sites (tertiary alicyclic amines) is 1. The summed E-state index contributed by atoms with van der Waals surface area (Å²) in [6, 6.07) is 9.87. The highest BCUT2D eigenvalue weighted by Crippen LogP contribution is 2.34. The van der Waals surface area contributed by atoms with E-state index in [-0.39, 0.29) is 5.78 Å². The number of nitrogens with zero attached hydrogens (tertiary/aromatic N) is 6. The molecule has 188 valence electrons. The van der Waals surface area contributed by atoms with Crippen LogP contribution in [0.3, 0.4) is 0 Å². The fraction of sp³-hybridized carbons (Fsp3) is 0.214. The van der Waals surface area contributed by atoms with Gasteiger partial charge in [0.15, 0.2) is 11.6 Å². The predicted molar refractivity (Wildman–Crippen MR) is 148 cm³/mol. The van der Waals surface area contributed by atoms with E-state index in [1.807, 2.05) is 36.7 Å². The summed E-state index contributed by atoms with van der Waals surface area (Å²) in [7, 11) is 0. The first-order valence-corrected chi connectivity index (χ1v) is 13.4. The largest absolute Gasteiger partial charge is 0.336 e. The number of pyridine rings is 3. The average molecular weight is 521 g/mol. The molecule has 6 aromatic heterocycles. The number of hydrogen-bond acceptors (Lipinski definition) is 8. The van der Waals surface area contributed by atoms with Crippen LogP contribution in [0.25, 0.3) is 55.3 Å².